The maximum absolute atomic E-state index is 11.2. The highest BCUT2D eigenvalue weighted by atomic mass is 79.9. The molecule has 0 radical (unpaired) electrons. The molecule has 0 saturated heterocycles. The minimum absolute atomic E-state index is 0.0831. The lowest BCUT2D eigenvalue weighted by atomic mass is 10.4. The van der Waals surface area contributed by atoms with Crippen molar-refractivity contribution in [1.82, 2.24) is 0 Å². The Bertz CT molecular complexity index is 304. The summed E-state index contributed by atoms with van der Waals surface area (Å²) in [4.78, 5) is 11.2. The van der Waals surface area contributed by atoms with Crippen LogP contribution in [0.15, 0.2) is 15.2 Å². The van der Waals surface area contributed by atoms with E-state index in [0.717, 1.165) is 16.6 Å². The highest BCUT2D eigenvalue weighted by Gasteiger charge is 2.31. The average molecular weight is 247 g/mol. The molecule has 64 valence electrons. The van der Waals surface area contributed by atoms with Crippen molar-refractivity contribution in [2.24, 2.45) is 5.92 Å². The first kappa shape index (κ1) is 8.26. The Morgan fingerprint density at radius 1 is 1.67 bits per heavy atom. The van der Waals surface area contributed by atoms with Crippen LogP contribution in [0, 0.1) is 5.92 Å². The van der Waals surface area contributed by atoms with Crippen LogP contribution in [0.25, 0.3) is 0 Å². The molecule has 0 spiro atoms. The van der Waals surface area contributed by atoms with Gasteiger partial charge in [0.2, 0.25) is 0 Å². The van der Waals surface area contributed by atoms with Gasteiger partial charge in [-0.3, -0.25) is 4.79 Å². The normalized spacial score (nSPS) is 16.1. The van der Waals surface area contributed by atoms with Gasteiger partial charge in [0, 0.05) is 11.4 Å². The van der Waals surface area contributed by atoms with Crippen LogP contribution in [-0.4, -0.2) is 5.97 Å². The van der Waals surface area contributed by atoms with Crippen LogP contribution < -0.4 is 4.74 Å². The van der Waals surface area contributed by atoms with E-state index in [-0.39, 0.29) is 11.9 Å². The Labute approximate surface area is 82.7 Å². The van der Waals surface area contributed by atoms with Crippen molar-refractivity contribution in [2.45, 2.75) is 12.8 Å². The number of halogens is 1. The smallest absolute Gasteiger partial charge is 0.314 e. The van der Waals surface area contributed by atoms with Gasteiger partial charge in [-0.15, -0.1) is 11.3 Å². The number of thiophene rings is 1. The number of rotatable bonds is 2. The second-order valence-corrected chi connectivity index (χ2v) is 5.07. The first-order valence-corrected chi connectivity index (χ1v) is 5.39. The second kappa shape index (κ2) is 3.18. The van der Waals surface area contributed by atoms with E-state index in [9.17, 15) is 4.79 Å². The second-order valence-electron chi connectivity index (χ2n) is 2.78. The summed E-state index contributed by atoms with van der Waals surface area (Å²) in [5.41, 5.74) is 0. The predicted molar refractivity (Wildman–Crippen MR) is 50.4 cm³/mol. The molecule has 1 heterocycles. The van der Waals surface area contributed by atoms with Gasteiger partial charge in [0.1, 0.15) is 5.75 Å². The van der Waals surface area contributed by atoms with Gasteiger partial charge in [-0.25, -0.2) is 0 Å². The van der Waals surface area contributed by atoms with Gasteiger partial charge in [-0.2, -0.15) is 0 Å². The number of hydrogen-bond acceptors (Lipinski definition) is 3. The highest BCUT2D eigenvalue weighted by Crippen LogP contribution is 2.32. The Morgan fingerprint density at radius 2 is 2.42 bits per heavy atom. The largest absolute Gasteiger partial charge is 0.425 e. The number of hydrogen-bond donors (Lipinski definition) is 0. The zero-order chi connectivity index (χ0) is 8.55. The van der Waals surface area contributed by atoms with Crippen molar-refractivity contribution in [3.63, 3.8) is 0 Å². The zero-order valence-electron chi connectivity index (χ0n) is 6.25. The molecule has 1 aromatic rings. The van der Waals surface area contributed by atoms with Crippen LogP contribution in [0.5, 0.6) is 5.75 Å². The van der Waals surface area contributed by atoms with Gasteiger partial charge in [-0.1, -0.05) is 0 Å². The van der Waals surface area contributed by atoms with Crippen molar-refractivity contribution in [1.29, 1.82) is 0 Å². The molecule has 0 aliphatic heterocycles. The van der Waals surface area contributed by atoms with Crippen molar-refractivity contribution in [3.8, 4) is 5.75 Å². The summed E-state index contributed by atoms with van der Waals surface area (Å²) in [6.45, 7) is 0. The van der Waals surface area contributed by atoms with E-state index in [1.54, 1.807) is 0 Å². The Hall–Kier alpha value is -0.350. The molecule has 1 fully saturated rings. The fourth-order valence-electron chi connectivity index (χ4n) is 0.866. The molecule has 4 heteroatoms. The molecule has 0 N–H and O–H groups in total. The van der Waals surface area contributed by atoms with E-state index in [4.69, 9.17) is 4.74 Å². The molecule has 0 atom stereocenters. The summed E-state index contributed by atoms with van der Waals surface area (Å²) in [6.07, 6.45) is 1.98. The average Bonchev–Trinajstić information content (AvgIpc) is 2.78. The van der Waals surface area contributed by atoms with E-state index >= 15 is 0 Å². The topological polar surface area (TPSA) is 26.3 Å². The molecule has 12 heavy (non-hydrogen) atoms. The SMILES string of the molecule is O=C(Oc1csc(Br)c1)C1CC1. The highest BCUT2D eigenvalue weighted by molar-refractivity contribution is 9.11. The molecule has 0 bridgehead atoms. The number of esters is 1. The Kier molecular flexibility index (Phi) is 2.19. The lowest BCUT2D eigenvalue weighted by Crippen LogP contribution is -2.08. The minimum Gasteiger partial charge on any atom is -0.425 e. The van der Waals surface area contributed by atoms with E-state index in [1.165, 1.54) is 11.3 Å². The number of carbonyl (C=O) groups excluding carboxylic acids is 1. The number of ether oxygens (including phenoxy) is 1. The van der Waals surface area contributed by atoms with E-state index in [2.05, 4.69) is 15.9 Å². The summed E-state index contributed by atoms with van der Waals surface area (Å²) in [6, 6.07) is 1.81. The van der Waals surface area contributed by atoms with Gasteiger partial charge < -0.3 is 4.74 Å². The van der Waals surface area contributed by atoms with Crippen LogP contribution in [0.2, 0.25) is 0 Å². The molecule has 2 nitrogen and oxygen atoms in total. The van der Waals surface area contributed by atoms with Crippen molar-refractivity contribution in [3.05, 3.63) is 15.2 Å². The standard InChI is InChI=1S/C8H7BrO2S/c9-7-3-6(4-12-7)11-8(10)5-1-2-5/h3-5H,1-2H2. The van der Waals surface area contributed by atoms with E-state index < -0.39 is 0 Å². The quantitative estimate of drug-likeness (QED) is 0.751. The third-order valence-electron chi connectivity index (χ3n) is 1.67. The molecule has 1 aliphatic carbocycles. The van der Waals surface area contributed by atoms with Gasteiger partial charge in [0.25, 0.3) is 0 Å². The molecular weight excluding hydrogens is 240 g/mol. The molecule has 1 aliphatic rings. The fourth-order valence-corrected chi connectivity index (χ4v) is 1.90. The lowest BCUT2D eigenvalue weighted by molar-refractivity contribution is -0.135. The van der Waals surface area contributed by atoms with Crippen LogP contribution in [0.3, 0.4) is 0 Å². The lowest BCUT2D eigenvalue weighted by Gasteiger charge is -1.97. The monoisotopic (exact) mass is 246 g/mol. The Morgan fingerprint density at radius 3 is 2.92 bits per heavy atom. The van der Waals surface area contributed by atoms with Crippen LogP contribution >= 0.6 is 27.3 Å². The van der Waals surface area contributed by atoms with Gasteiger partial charge in [0.05, 0.1) is 9.70 Å². The molecule has 1 aromatic heterocycles. The molecular formula is C8H7BrO2S. The molecule has 0 unspecified atom stereocenters. The van der Waals surface area contributed by atoms with E-state index in [1.807, 2.05) is 11.4 Å². The first-order valence-electron chi connectivity index (χ1n) is 3.71. The maximum atomic E-state index is 11.2. The molecule has 2 rings (SSSR count). The van der Waals surface area contributed by atoms with Crippen LogP contribution in [0.1, 0.15) is 12.8 Å². The van der Waals surface area contributed by atoms with Crippen molar-refractivity contribution in [2.75, 3.05) is 0 Å². The summed E-state index contributed by atoms with van der Waals surface area (Å²) < 4.78 is 6.09. The summed E-state index contributed by atoms with van der Waals surface area (Å²) in [5, 5.41) is 1.82. The van der Waals surface area contributed by atoms with Crippen LogP contribution in [0.4, 0.5) is 0 Å². The van der Waals surface area contributed by atoms with Crippen molar-refractivity contribution >= 4 is 33.2 Å². The fraction of sp³-hybridized carbons (Fsp3) is 0.375. The molecule has 1 saturated carbocycles. The summed E-state index contributed by atoms with van der Waals surface area (Å²) in [7, 11) is 0. The summed E-state index contributed by atoms with van der Waals surface area (Å²) >= 11 is 4.82. The third kappa shape index (κ3) is 1.87. The van der Waals surface area contributed by atoms with Gasteiger partial charge in [-0.05, 0) is 28.8 Å². The maximum Gasteiger partial charge on any atom is 0.314 e. The number of carbonyl (C=O) groups is 1. The van der Waals surface area contributed by atoms with E-state index in [0.29, 0.717) is 5.75 Å². The predicted octanol–water partition coefficient (Wildman–Crippen LogP) is 2.83. The molecule has 0 aromatic carbocycles. The third-order valence-corrected chi connectivity index (χ3v) is 3.16. The first-order chi connectivity index (χ1) is 5.75. The van der Waals surface area contributed by atoms with Gasteiger partial charge in [0.15, 0.2) is 0 Å². The summed E-state index contributed by atoms with van der Waals surface area (Å²) in [5.74, 6) is 0.743. The van der Waals surface area contributed by atoms with Crippen LogP contribution in [-0.2, 0) is 4.79 Å². The van der Waals surface area contributed by atoms with Gasteiger partial charge >= 0.3 is 5.97 Å². The zero-order valence-corrected chi connectivity index (χ0v) is 8.65. The van der Waals surface area contributed by atoms with Crippen molar-refractivity contribution < 1.29 is 9.53 Å². The minimum atomic E-state index is -0.0831. The Balaban J connectivity index is 1.98. The molecule has 0 amide bonds.